The number of rotatable bonds is 2. The van der Waals surface area contributed by atoms with Crippen molar-refractivity contribution in [3.63, 3.8) is 0 Å². The van der Waals surface area contributed by atoms with Crippen LogP contribution in [0.15, 0.2) is 47.3 Å². The molecule has 0 aliphatic carbocycles. The number of fused-ring (bicyclic) bond motifs is 2. The van der Waals surface area contributed by atoms with Gasteiger partial charge in [-0.2, -0.15) is 0 Å². The van der Waals surface area contributed by atoms with Gasteiger partial charge in [-0.3, -0.25) is 9.69 Å². The van der Waals surface area contributed by atoms with Crippen LogP contribution >= 0.6 is 0 Å². The van der Waals surface area contributed by atoms with Gasteiger partial charge >= 0.3 is 0 Å². The van der Waals surface area contributed by atoms with Gasteiger partial charge in [-0.1, -0.05) is 24.3 Å². The molecule has 0 radical (unpaired) electrons. The number of halogens is 1. The lowest BCUT2D eigenvalue weighted by molar-refractivity contribution is 0.241. The van der Waals surface area contributed by atoms with Crippen molar-refractivity contribution in [3.05, 3.63) is 75.5 Å². The Morgan fingerprint density at radius 3 is 2.79 bits per heavy atom. The van der Waals surface area contributed by atoms with E-state index in [9.17, 15) is 9.18 Å². The van der Waals surface area contributed by atoms with Gasteiger partial charge in [0.25, 0.3) is 5.56 Å². The average molecular weight is 323 g/mol. The molecule has 2 heterocycles. The minimum Gasteiger partial charge on any atom is -0.308 e. The van der Waals surface area contributed by atoms with Gasteiger partial charge in [0.05, 0.1) is 11.0 Å². The molecule has 0 unspecified atom stereocenters. The fourth-order valence-electron chi connectivity index (χ4n) is 3.37. The van der Waals surface area contributed by atoms with Crippen LogP contribution in [0.25, 0.3) is 11.0 Å². The summed E-state index contributed by atoms with van der Waals surface area (Å²) >= 11 is 0. The van der Waals surface area contributed by atoms with E-state index >= 15 is 0 Å². The van der Waals surface area contributed by atoms with E-state index in [1.807, 2.05) is 6.07 Å². The van der Waals surface area contributed by atoms with Crippen LogP contribution in [-0.2, 0) is 26.6 Å². The molecule has 0 amide bonds. The van der Waals surface area contributed by atoms with Gasteiger partial charge in [0.15, 0.2) is 0 Å². The Hall–Kier alpha value is -2.53. The number of aromatic nitrogens is 2. The van der Waals surface area contributed by atoms with E-state index in [-0.39, 0.29) is 11.4 Å². The van der Waals surface area contributed by atoms with Crippen molar-refractivity contribution in [3.8, 4) is 0 Å². The van der Waals surface area contributed by atoms with E-state index in [1.54, 1.807) is 17.7 Å². The van der Waals surface area contributed by atoms with Crippen molar-refractivity contribution in [2.24, 2.45) is 7.05 Å². The number of aryl methyl sites for hydroxylation is 1. The molecule has 4 nitrogen and oxygen atoms in total. The molecule has 0 atom stereocenters. The Bertz CT molecular complexity index is 980. The normalized spacial score (nSPS) is 14.8. The number of hydrogen-bond acceptors (Lipinski definition) is 3. The second-order valence-electron chi connectivity index (χ2n) is 6.29. The van der Waals surface area contributed by atoms with E-state index in [1.165, 1.54) is 23.3 Å². The summed E-state index contributed by atoms with van der Waals surface area (Å²) in [5.74, 6) is -0.341. The zero-order chi connectivity index (χ0) is 16.7. The van der Waals surface area contributed by atoms with Crippen LogP contribution in [0.5, 0.6) is 0 Å². The summed E-state index contributed by atoms with van der Waals surface area (Å²) in [5.41, 5.74) is 4.18. The van der Waals surface area contributed by atoms with Gasteiger partial charge < -0.3 is 4.57 Å². The molecule has 0 spiro atoms. The summed E-state index contributed by atoms with van der Waals surface area (Å²) in [4.78, 5) is 19.2. The average Bonchev–Trinajstić information content (AvgIpc) is 2.59. The summed E-state index contributed by atoms with van der Waals surface area (Å²) in [5, 5.41) is 0. The van der Waals surface area contributed by atoms with Gasteiger partial charge in [0, 0.05) is 32.7 Å². The Morgan fingerprint density at radius 1 is 1.17 bits per heavy atom. The van der Waals surface area contributed by atoms with Gasteiger partial charge in [-0.05, 0) is 29.7 Å². The molecule has 4 rings (SSSR count). The van der Waals surface area contributed by atoms with Crippen LogP contribution in [0.3, 0.4) is 0 Å². The Morgan fingerprint density at radius 2 is 1.96 bits per heavy atom. The van der Waals surface area contributed by atoms with E-state index in [4.69, 9.17) is 0 Å². The molecular formula is C19H18FN3O. The predicted molar refractivity (Wildman–Crippen MR) is 91.2 cm³/mol. The number of hydrogen-bond donors (Lipinski definition) is 0. The first-order valence-corrected chi connectivity index (χ1v) is 8.06. The van der Waals surface area contributed by atoms with E-state index in [0.29, 0.717) is 23.3 Å². The van der Waals surface area contributed by atoms with Gasteiger partial charge in [0.2, 0.25) is 0 Å². The highest BCUT2D eigenvalue weighted by molar-refractivity contribution is 5.74. The monoisotopic (exact) mass is 323 g/mol. The van der Waals surface area contributed by atoms with Gasteiger partial charge in [0.1, 0.15) is 11.5 Å². The molecule has 0 fully saturated rings. The first-order chi connectivity index (χ1) is 11.6. The molecule has 0 saturated carbocycles. The van der Waals surface area contributed by atoms with E-state index < -0.39 is 0 Å². The van der Waals surface area contributed by atoms with Gasteiger partial charge in [-0.25, -0.2) is 9.37 Å². The zero-order valence-corrected chi connectivity index (χ0v) is 13.5. The molecule has 1 aliphatic rings. The maximum Gasteiger partial charge on any atom is 0.273 e. The van der Waals surface area contributed by atoms with Crippen LogP contribution in [0.2, 0.25) is 0 Å². The van der Waals surface area contributed by atoms with Crippen LogP contribution in [0.1, 0.15) is 16.8 Å². The molecule has 122 valence electrons. The minimum atomic E-state index is -0.341. The summed E-state index contributed by atoms with van der Waals surface area (Å²) in [7, 11) is 1.71. The maximum atomic E-state index is 13.5. The second-order valence-corrected chi connectivity index (χ2v) is 6.29. The lowest BCUT2D eigenvalue weighted by atomic mass is 10.00. The Kier molecular flexibility index (Phi) is 3.65. The molecule has 1 aromatic heterocycles. The number of nitrogens with zero attached hydrogens (tertiary/aromatic N) is 3. The lowest BCUT2D eigenvalue weighted by Crippen LogP contribution is -2.34. The van der Waals surface area contributed by atoms with Crippen molar-refractivity contribution in [2.75, 3.05) is 6.54 Å². The molecule has 24 heavy (non-hydrogen) atoms. The summed E-state index contributed by atoms with van der Waals surface area (Å²) in [6, 6.07) is 12.7. The van der Waals surface area contributed by atoms with E-state index in [2.05, 4.69) is 28.1 Å². The fraction of sp³-hybridized carbons (Fsp3) is 0.263. The third-order valence-corrected chi connectivity index (χ3v) is 4.69. The molecule has 3 aromatic rings. The van der Waals surface area contributed by atoms with Crippen LogP contribution in [-0.4, -0.2) is 21.0 Å². The second kappa shape index (κ2) is 5.83. The largest absolute Gasteiger partial charge is 0.308 e. The van der Waals surface area contributed by atoms with Crippen molar-refractivity contribution in [2.45, 2.75) is 19.5 Å². The zero-order valence-electron chi connectivity index (χ0n) is 13.5. The minimum absolute atomic E-state index is 0.118. The van der Waals surface area contributed by atoms with E-state index in [0.717, 1.165) is 19.5 Å². The highest BCUT2D eigenvalue weighted by Gasteiger charge is 2.18. The highest BCUT2D eigenvalue weighted by Crippen LogP contribution is 2.20. The predicted octanol–water partition coefficient (Wildman–Crippen LogP) is 2.63. The van der Waals surface area contributed by atoms with Crippen molar-refractivity contribution in [1.29, 1.82) is 0 Å². The molecule has 0 N–H and O–H groups in total. The van der Waals surface area contributed by atoms with Crippen LogP contribution in [0, 0.1) is 5.82 Å². The standard InChI is InChI=1S/C19H18FN3O/c1-22-18-7-6-15(20)10-16(18)21-17(19(22)24)12-23-9-8-13-4-2-3-5-14(13)11-23/h2-7,10H,8-9,11-12H2,1H3. The number of benzene rings is 2. The lowest BCUT2D eigenvalue weighted by Gasteiger charge is -2.28. The molecular weight excluding hydrogens is 305 g/mol. The topological polar surface area (TPSA) is 38.1 Å². The summed E-state index contributed by atoms with van der Waals surface area (Å²) < 4.78 is 15.0. The van der Waals surface area contributed by atoms with Crippen LogP contribution in [0.4, 0.5) is 4.39 Å². The summed E-state index contributed by atoms with van der Waals surface area (Å²) in [6.45, 7) is 2.18. The van der Waals surface area contributed by atoms with Crippen molar-refractivity contribution in [1.82, 2.24) is 14.5 Å². The molecule has 5 heteroatoms. The first-order valence-electron chi connectivity index (χ1n) is 8.06. The Balaban J connectivity index is 1.68. The van der Waals surface area contributed by atoms with Crippen LogP contribution < -0.4 is 5.56 Å². The third kappa shape index (κ3) is 2.61. The third-order valence-electron chi connectivity index (χ3n) is 4.69. The summed E-state index contributed by atoms with van der Waals surface area (Å²) in [6.07, 6.45) is 0.971. The SMILES string of the molecule is Cn1c(=O)c(CN2CCc3ccccc3C2)nc2cc(F)ccc21. The fourth-order valence-corrected chi connectivity index (χ4v) is 3.37. The van der Waals surface area contributed by atoms with Crippen molar-refractivity contribution >= 4 is 11.0 Å². The van der Waals surface area contributed by atoms with Crippen molar-refractivity contribution < 1.29 is 4.39 Å². The molecule has 2 aromatic carbocycles. The molecule has 1 aliphatic heterocycles. The Labute approximate surface area is 139 Å². The molecule has 0 saturated heterocycles. The smallest absolute Gasteiger partial charge is 0.273 e. The highest BCUT2D eigenvalue weighted by atomic mass is 19.1. The quantitative estimate of drug-likeness (QED) is 0.728. The molecule has 0 bridgehead atoms. The van der Waals surface area contributed by atoms with Gasteiger partial charge in [-0.15, -0.1) is 0 Å². The maximum absolute atomic E-state index is 13.5. The first kappa shape index (κ1) is 15.0.